The van der Waals surface area contributed by atoms with Gasteiger partial charge in [-0.25, -0.2) is 5.84 Å². The Morgan fingerprint density at radius 1 is 1.64 bits per heavy atom. The Balaban J connectivity index is 2.25. The second-order valence-corrected chi connectivity index (χ2v) is 2.42. The van der Waals surface area contributed by atoms with Crippen LogP contribution < -0.4 is 16.6 Å². The molecule has 0 aromatic heterocycles. The number of nitrogens with one attached hydrogen (secondary N) is 2. The van der Waals surface area contributed by atoms with E-state index in [0.29, 0.717) is 0 Å². The molecule has 11 heavy (non-hydrogen) atoms. The predicted octanol–water partition coefficient (Wildman–Crippen LogP) is -0.437. The zero-order valence-electron chi connectivity index (χ0n) is 5.99. The molecule has 0 saturated carbocycles. The van der Waals surface area contributed by atoms with Gasteiger partial charge in [0.2, 0.25) is 0 Å². The lowest BCUT2D eigenvalue weighted by atomic mass is 10.3. The van der Waals surface area contributed by atoms with E-state index in [1.165, 1.54) is 0 Å². The Morgan fingerprint density at radius 3 is 3.36 bits per heavy atom. The SMILES string of the molecule is NNC1=CC=CC2NC=CN12. The summed E-state index contributed by atoms with van der Waals surface area (Å²) in [6, 6.07) is 0. The third kappa shape index (κ3) is 0.877. The number of fused-ring (bicyclic) bond motifs is 1. The lowest BCUT2D eigenvalue weighted by Crippen LogP contribution is -2.41. The minimum Gasteiger partial charge on any atom is -0.366 e. The molecular weight excluding hydrogens is 140 g/mol. The number of hydrazine groups is 1. The molecular formula is C7H10N4. The van der Waals surface area contributed by atoms with E-state index in [2.05, 4.69) is 16.8 Å². The van der Waals surface area contributed by atoms with Gasteiger partial charge in [-0.3, -0.25) is 0 Å². The average molecular weight is 150 g/mol. The molecule has 4 N–H and O–H groups in total. The molecule has 0 aromatic rings. The predicted molar refractivity (Wildman–Crippen MR) is 42.4 cm³/mol. The topological polar surface area (TPSA) is 53.3 Å². The van der Waals surface area contributed by atoms with E-state index in [9.17, 15) is 0 Å². The molecule has 0 aliphatic carbocycles. The number of rotatable bonds is 1. The summed E-state index contributed by atoms with van der Waals surface area (Å²) in [5, 5.41) is 3.14. The van der Waals surface area contributed by atoms with Crippen molar-refractivity contribution in [2.45, 2.75) is 6.17 Å². The minimum atomic E-state index is 0.228. The molecule has 0 spiro atoms. The maximum absolute atomic E-state index is 5.30. The van der Waals surface area contributed by atoms with Crippen molar-refractivity contribution in [3.05, 3.63) is 36.4 Å². The highest BCUT2D eigenvalue weighted by molar-refractivity contribution is 5.24. The monoisotopic (exact) mass is 150 g/mol. The summed E-state index contributed by atoms with van der Waals surface area (Å²) in [6.07, 6.45) is 10.0. The van der Waals surface area contributed by atoms with Crippen LogP contribution in [0.1, 0.15) is 0 Å². The van der Waals surface area contributed by atoms with Crippen LogP contribution in [0.4, 0.5) is 0 Å². The Hall–Kier alpha value is -1.42. The zero-order chi connectivity index (χ0) is 7.68. The van der Waals surface area contributed by atoms with Crippen LogP contribution in [0.25, 0.3) is 0 Å². The first-order valence-electron chi connectivity index (χ1n) is 3.48. The highest BCUT2D eigenvalue weighted by atomic mass is 15.4. The van der Waals surface area contributed by atoms with Gasteiger partial charge in [0.1, 0.15) is 12.0 Å². The molecule has 0 aromatic carbocycles. The van der Waals surface area contributed by atoms with E-state index >= 15 is 0 Å². The van der Waals surface area contributed by atoms with E-state index in [1.54, 1.807) is 0 Å². The standard InChI is InChI=1S/C7H10N4/c8-10-7-3-1-2-6-9-4-5-11(6)7/h1-6,9-10H,8H2. The van der Waals surface area contributed by atoms with Crippen molar-refractivity contribution >= 4 is 0 Å². The number of hydrogen-bond acceptors (Lipinski definition) is 4. The molecule has 0 amide bonds. The third-order valence-electron chi connectivity index (χ3n) is 1.78. The Bertz CT molecular complexity index is 241. The lowest BCUT2D eigenvalue weighted by molar-refractivity contribution is 0.366. The van der Waals surface area contributed by atoms with E-state index < -0.39 is 0 Å². The summed E-state index contributed by atoms with van der Waals surface area (Å²) in [6.45, 7) is 0. The van der Waals surface area contributed by atoms with Crippen LogP contribution >= 0.6 is 0 Å². The highest BCUT2D eigenvalue weighted by Gasteiger charge is 2.20. The first-order valence-corrected chi connectivity index (χ1v) is 3.48. The molecule has 1 unspecified atom stereocenters. The molecule has 2 heterocycles. The van der Waals surface area contributed by atoms with Crippen molar-refractivity contribution in [2.24, 2.45) is 5.84 Å². The van der Waals surface area contributed by atoms with Gasteiger partial charge in [-0.15, -0.1) is 0 Å². The summed E-state index contributed by atoms with van der Waals surface area (Å²) in [4.78, 5) is 2.01. The number of nitrogens with two attached hydrogens (primary N) is 1. The van der Waals surface area contributed by atoms with Gasteiger partial charge in [0.15, 0.2) is 0 Å². The van der Waals surface area contributed by atoms with E-state index in [0.717, 1.165) is 5.82 Å². The van der Waals surface area contributed by atoms with Gasteiger partial charge in [0.25, 0.3) is 0 Å². The van der Waals surface area contributed by atoms with Crippen molar-refractivity contribution < 1.29 is 0 Å². The highest BCUT2D eigenvalue weighted by Crippen LogP contribution is 2.15. The van der Waals surface area contributed by atoms with Gasteiger partial charge in [0, 0.05) is 12.4 Å². The molecule has 4 nitrogen and oxygen atoms in total. The van der Waals surface area contributed by atoms with Crippen molar-refractivity contribution in [3.63, 3.8) is 0 Å². The minimum absolute atomic E-state index is 0.228. The fraction of sp³-hybridized carbons (Fsp3) is 0.143. The third-order valence-corrected chi connectivity index (χ3v) is 1.78. The van der Waals surface area contributed by atoms with Crippen LogP contribution in [0.3, 0.4) is 0 Å². The van der Waals surface area contributed by atoms with Crippen LogP contribution in [0.5, 0.6) is 0 Å². The van der Waals surface area contributed by atoms with Gasteiger partial charge in [-0.1, -0.05) is 6.08 Å². The Kier molecular flexibility index (Phi) is 1.33. The molecule has 2 aliphatic rings. The second kappa shape index (κ2) is 2.32. The fourth-order valence-electron chi connectivity index (χ4n) is 1.23. The van der Waals surface area contributed by atoms with Gasteiger partial charge >= 0.3 is 0 Å². The van der Waals surface area contributed by atoms with Crippen LogP contribution in [0.2, 0.25) is 0 Å². The maximum Gasteiger partial charge on any atom is 0.124 e. The molecule has 0 saturated heterocycles. The number of hydrogen-bond donors (Lipinski definition) is 3. The normalized spacial score (nSPS) is 26.1. The van der Waals surface area contributed by atoms with Crippen LogP contribution in [0, 0.1) is 0 Å². The maximum atomic E-state index is 5.30. The van der Waals surface area contributed by atoms with Crippen molar-refractivity contribution in [3.8, 4) is 0 Å². The molecule has 0 fully saturated rings. The summed E-state index contributed by atoms with van der Waals surface area (Å²) in [7, 11) is 0. The van der Waals surface area contributed by atoms with E-state index in [1.807, 2.05) is 29.5 Å². The average Bonchev–Trinajstić information content (AvgIpc) is 2.50. The summed E-state index contributed by atoms with van der Waals surface area (Å²) < 4.78 is 0. The van der Waals surface area contributed by atoms with Crippen LogP contribution in [0.15, 0.2) is 36.4 Å². The van der Waals surface area contributed by atoms with E-state index in [-0.39, 0.29) is 6.17 Å². The second-order valence-electron chi connectivity index (χ2n) is 2.42. The van der Waals surface area contributed by atoms with Crippen LogP contribution in [-0.4, -0.2) is 11.1 Å². The molecule has 2 rings (SSSR count). The summed E-state index contributed by atoms with van der Waals surface area (Å²) in [5.74, 6) is 6.21. The molecule has 0 bridgehead atoms. The quantitative estimate of drug-likeness (QED) is 0.350. The van der Waals surface area contributed by atoms with Crippen molar-refractivity contribution in [1.29, 1.82) is 0 Å². The Morgan fingerprint density at radius 2 is 2.55 bits per heavy atom. The van der Waals surface area contributed by atoms with Crippen LogP contribution in [-0.2, 0) is 0 Å². The fourth-order valence-corrected chi connectivity index (χ4v) is 1.23. The molecule has 2 aliphatic heterocycles. The van der Waals surface area contributed by atoms with Gasteiger partial charge < -0.3 is 15.6 Å². The first-order chi connectivity index (χ1) is 5.42. The lowest BCUT2D eigenvalue weighted by Gasteiger charge is -2.27. The summed E-state index contributed by atoms with van der Waals surface area (Å²) in [5.41, 5.74) is 2.62. The number of nitrogens with zero attached hydrogens (tertiary/aromatic N) is 1. The van der Waals surface area contributed by atoms with Crippen molar-refractivity contribution in [1.82, 2.24) is 15.6 Å². The smallest absolute Gasteiger partial charge is 0.124 e. The van der Waals surface area contributed by atoms with Gasteiger partial charge in [-0.2, -0.15) is 0 Å². The molecule has 4 heteroatoms. The first kappa shape index (κ1) is 6.30. The molecule has 58 valence electrons. The number of allylic oxidation sites excluding steroid dienone is 2. The molecule has 1 atom stereocenters. The van der Waals surface area contributed by atoms with E-state index in [4.69, 9.17) is 5.84 Å². The van der Waals surface area contributed by atoms with Crippen molar-refractivity contribution in [2.75, 3.05) is 0 Å². The summed E-state index contributed by atoms with van der Waals surface area (Å²) >= 11 is 0. The Labute approximate surface area is 65.0 Å². The zero-order valence-corrected chi connectivity index (χ0v) is 5.99. The molecule has 0 radical (unpaired) electrons. The van der Waals surface area contributed by atoms with Gasteiger partial charge in [0.05, 0.1) is 0 Å². The van der Waals surface area contributed by atoms with Gasteiger partial charge in [-0.05, 0) is 12.2 Å². The largest absolute Gasteiger partial charge is 0.366 e.